The lowest BCUT2D eigenvalue weighted by Gasteiger charge is -2.48. The summed E-state index contributed by atoms with van der Waals surface area (Å²) in [6.07, 6.45) is 15.4. The number of carbonyl (C=O) groups excluding carboxylic acids is 2. The molecular formula is C26H22N2O2. The topological polar surface area (TPSA) is 40.6 Å². The summed E-state index contributed by atoms with van der Waals surface area (Å²) in [4.78, 5) is 30.2. The second-order valence-electron chi connectivity index (χ2n) is 7.78. The Bertz CT molecular complexity index is 981. The zero-order chi connectivity index (χ0) is 20.5. The van der Waals surface area contributed by atoms with Gasteiger partial charge in [0.2, 0.25) is 0 Å². The molecule has 2 aromatic carbocycles. The van der Waals surface area contributed by atoms with E-state index in [0.717, 1.165) is 11.1 Å². The predicted molar refractivity (Wildman–Crippen MR) is 117 cm³/mol. The first-order chi connectivity index (χ1) is 14.7. The van der Waals surface area contributed by atoms with Crippen molar-refractivity contribution in [2.75, 3.05) is 0 Å². The van der Waals surface area contributed by atoms with E-state index in [4.69, 9.17) is 0 Å². The van der Waals surface area contributed by atoms with Crippen molar-refractivity contribution in [1.82, 2.24) is 9.80 Å². The van der Waals surface area contributed by atoms with E-state index in [1.807, 2.05) is 120 Å². The largest absolute Gasteiger partial charge is 0.343 e. The van der Waals surface area contributed by atoms with Crippen molar-refractivity contribution in [3.8, 4) is 0 Å². The summed E-state index contributed by atoms with van der Waals surface area (Å²) < 4.78 is 0. The van der Waals surface area contributed by atoms with Crippen molar-refractivity contribution in [1.29, 1.82) is 0 Å². The van der Waals surface area contributed by atoms with Gasteiger partial charge in [-0.25, -0.2) is 0 Å². The minimum atomic E-state index is -0.472. The average molecular weight is 394 g/mol. The van der Waals surface area contributed by atoms with Crippen molar-refractivity contribution in [3.63, 3.8) is 0 Å². The Balaban J connectivity index is 1.42. The standard InChI is InChI=1S/C26H22N2O2/c29-25-22-13-17-27(15-11-19-7-3-1-4-8-19)23(25)21-14-18-28(24(22)26(21)30)16-12-20-9-5-2-6-10-20/h1-18,21-24H. The van der Waals surface area contributed by atoms with Gasteiger partial charge < -0.3 is 9.80 Å². The second kappa shape index (κ2) is 7.64. The average Bonchev–Trinajstić information content (AvgIpc) is 2.78. The SMILES string of the molecule is O=C1C2C=CN(C=Cc3ccccc3)C1C1C=CN(C=Cc3ccccc3)C2C1=O. The van der Waals surface area contributed by atoms with Gasteiger partial charge in [-0.05, 0) is 23.3 Å². The van der Waals surface area contributed by atoms with Crippen molar-refractivity contribution in [2.24, 2.45) is 11.8 Å². The normalized spacial score (nSPS) is 27.5. The van der Waals surface area contributed by atoms with Crippen molar-refractivity contribution < 1.29 is 9.59 Å². The molecule has 4 unspecified atom stereocenters. The summed E-state index contributed by atoms with van der Waals surface area (Å²) in [5.74, 6) is -0.643. The molecule has 0 spiro atoms. The zero-order valence-electron chi connectivity index (χ0n) is 16.4. The van der Waals surface area contributed by atoms with E-state index in [2.05, 4.69) is 0 Å². The van der Waals surface area contributed by atoms with E-state index in [0.29, 0.717) is 0 Å². The van der Waals surface area contributed by atoms with Crippen LogP contribution in [0.4, 0.5) is 0 Å². The first-order valence-corrected chi connectivity index (χ1v) is 10.2. The summed E-state index contributed by atoms with van der Waals surface area (Å²) in [5.41, 5.74) is 2.11. The number of carbonyl (C=O) groups is 2. The number of hydrogen-bond donors (Lipinski definition) is 0. The number of ketones is 2. The van der Waals surface area contributed by atoms with E-state index in [1.54, 1.807) is 0 Å². The Labute approximate surface area is 176 Å². The highest BCUT2D eigenvalue weighted by atomic mass is 16.1. The molecule has 1 saturated carbocycles. The summed E-state index contributed by atoms with van der Waals surface area (Å²) in [6, 6.07) is 18.9. The van der Waals surface area contributed by atoms with Crippen LogP contribution in [0.1, 0.15) is 11.1 Å². The van der Waals surface area contributed by atoms with Gasteiger partial charge in [-0.15, -0.1) is 0 Å². The molecule has 2 aromatic rings. The molecule has 4 heteroatoms. The van der Waals surface area contributed by atoms with Crippen LogP contribution in [0.15, 0.2) is 97.6 Å². The van der Waals surface area contributed by atoms with Gasteiger partial charge in [0.15, 0.2) is 11.6 Å². The van der Waals surface area contributed by atoms with Gasteiger partial charge in [-0.3, -0.25) is 9.59 Å². The molecule has 1 fully saturated rings. The highest BCUT2D eigenvalue weighted by molar-refractivity contribution is 6.06. The Morgan fingerprint density at radius 1 is 0.600 bits per heavy atom. The van der Waals surface area contributed by atoms with Gasteiger partial charge in [-0.1, -0.05) is 72.8 Å². The predicted octanol–water partition coefficient (Wildman–Crippen LogP) is 4.11. The Hall–Kier alpha value is -3.66. The molecule has 1 aliphatic carbocycles. The van der Waals surface area contributed by atoms with Crippen molar-refractivity contribution in [3.05, 3.63) is 109 Å². The smallest absolute Gasteiger partial charge is 0.166 e. The van der Waals surface area contributed by atoms with Crippen LogP contribution in [0.25, 0.3) is 12.2 Å². The minimum absolute atomic E-state index is 0.104. The molecule has 0 saturated heterocycles. The van der Waals surface area contributed by atoms with E-state index >= 15 is 0 Å². The van der Waals surface area contributed by atoms with Crippen LogP contribution in [0.2, 0.25) is 0 Å². The molecule has 4 bridgehead atoms. The fraction of sp³-hybridized carbons (Fsp3) is 0.154. The van der Waals surface area contributed by atoms with E-state index < -0.39 is 23.9 Å². The molecule has 4 nitrogen and oxygen atoms in total. The van der Waals surface area contributed by atoms with Crippen LogP contribution in [-0.2, 0) is 9.59 Å². The maximum absolute atomic E-state index is 13.2. The van der Waals surface area contributed by atoms with Crippen LogP contribution in [0.5, 0.6) is 0 Å². The maximum atomic E-state index is 13.2. The molecule has 0 aromatic heterocycles. The fourth-order valence-corrected chi connectivity index (χ4v) is 4.45. The first kappa shape index (κ1) is 18.4. The lowest BCUT2D eigenvalue weighted by Crippen LogP contribution is -2.63. The molecule has 0 amide bonds. The second-order valence-corrected chi connectivity index (χ2v) is 7.78. The third-order valence-corrected chi connectivity index (χ3v) is 5.97. The van der Waals surface area contributed by atoms with E-state index in [-0.39, 0.29) is 11.6 Å². The third-order valence-electron chi connectivity index (χ3n) is 5.97. The van der Waals surface area contributed by atoms with Gasteiger partial charge >= 0.3 is 0 Å². The van der Waals surface area contributed by atoms with Gasteiger partial charge in [-0.2, -0.15) is 0 Å². The zero-order valence-corrected chi connectivity index (χ0v) is 16.4. The molecule has 2 aliphatic heterocycles. The molecule has 5 rings (SSSR count). The summed E-state index contributed by atoms with van der Waals surface area (Å²) in [7, 11) is 0. The first-order valence-electron chi connectivity index (χ1n) is 10.2. The summed E-state index contributed by atoms with van der Waals surface area (Å²) in [6.45, 7) is 0. The number of Topliss-reactive ketones (excluding diaryl/α,β-unsaturated/α-hetero) is 2. The highest BCUT2D eigenvalue weighted by Gasteiger charge is 2.54. The van der Waals surface area contributed by atoms with Crippen LogP contribution >= 0.6 is 0 Å². The monoisotopic (exact) mass is 394 g/mol. The van der Waals surface area contributed by atoms with Crippen LogP contribution < -0.4 is 0 Å². The third kappa shape index (κ3) is 3.20. The van der Waals surface area contributed by atoms with Crippen LogP contribution in [0.3, 0.4) is 0 Å². The van der Waals surface area contributed by atoms with Crippen molar-refractivity contribution in [2.45, 2.75) is 12.1 Å². The highest BCUT2D eigenvalue weighted by Crippen LogP contribution is 2.39. The molecule has 4 atom stereocenters. The Kier molecular flexibility index (Phi) is 4.68. The Morgan fingerprint density at radius 2 is 1.00 bits per heavy atom. The van der Waals surface area contributed by atoms with Crippen molar-refractivity contribution >= 4 is 23.7 Å². The maximum Gasteiger partial charge on any atom is 0.166 e. The quantitative estimate of drug-likeness (QED) is 0.783. The summed E-state index contributed by atoms with van der Waals surface area (Å²) in [5, 5.41) is 0. The molecular weight excluding hydrogens is 372 g/mol. The number of benzene rings is 2. The molecule has 0 radical (unpaired) electrons. The minimum Gasteiger partial charge on any atom is -0.343 e. The van der Waals surface area contributed by atoms with Gasteiger partial charge in [0.25, 0.3) is 0 Å². The number of fused-ring (bicyclic) bond motifs is 6. The van der Waals surface area contributed by atoms with Gasteiger partial charge in [0.05, 0.1) is 11.8 Å². The molecule has 2 heterocycles. The van der Waals surface area contributed by atoms with Gasteiger partial charge in [0.1, 0.15) is 12.1 Å². The number of hydrogen-bond acceptors (Lipinski definition) is 4. The Morgan fingerprint density at radius 3 is 1.40 bits per heavy atom. The van der Waals surface area contributed by atoms with Crippen LogP contribution in [-0.4, -0.2) is 33.4 Å². The summed E-state index contributed by atoms with van der Waals surface area (Å²) >= 11 is 0. The lowest BCUT2D eigenvalue weighted by molar-refractivity contribution is -0.144. The van der Waals surface area contributed by atoms with E-state index in [9.17, 15) is 9.59 Å². The number of rotatable bonds is 4. The number of nitrogens with zero attached hydrogens (tertiary/aromatic N) is 2. The molecule has 148 valence electrons. The molecule has 3 aliphatic rings. The van der Waals surface area contributed by atoms with Crippen LogP contribution in [0, 0.1) is 11.8 Å². The molecule has 30 heavy (non-hydrogen) atoms. The van der Waals surface area contributed by atoms with Gasteiger partial charge in [0, 0.05) is 24.8 Å². The lowest BCUT2D eigenvalue weighted by atomic mass is 9.69. The molecule has 0 N–H and O–H groups in total. The van der Waals surface area contributed by atoms with E-state index in [1.165, 1.54) is 0 Å². The fourth-order valence-electron chi connectivity index (χ4n) is 4.45.